The summed E-state index contributed by atoms with van der Waals surface area (Å²) in [7, 11) is 0. The number of carbonyl (C=O) groups excluding carboxylic acids is 2. The fourth-order valence-electron chi connectivity index (χ4n) is 2.98. The summed E-state index contributed by atoms with van der Waals surface area (Å²) in [6.45, 7) is 4.65. The zero-order valence-corrected chi connectivity index (χ0v) is 15.4. The van der Waals surface area contributed by atoms with E-state index in [-0.39, 0.29) is 24.1 Å². The molecule has 3 rings (SSSR count). The Hall–Kier alpha value is -3.15. The summed E-state index contributed by atoms with van der Waals surface area (Å²) in [5, 5.41) is 6.54. The van der Waals surface area contributed by atoms with Gasteiger partial charge in [0.1, 0.15) is 5.82 Å². The summed E-state index contributed by atoms with van der Waals surface area (Å²) in [5.74, 6) is -0.762. The number of aromatic nitrogens is 1. The van der Waals surface area contributed by atoms with E-state index in [1.54, 1.807) is 18.2 Å². The topological polar surface area (TPSA) is 74.0 Å². The third kappa shape index (κ3) is 4.53. The second-order valence-corrected chi connectivity index (χ2v) is 6.55. The van der Waals surface area contributed by atoms with Gasteiger partial charge in [-0.3, -0.25) is 9.59 Å². The van der Waals surface area contributed by atoms with E-state index in [1.165, 1.54) is 12.1 Å². The minimum atomic E-state index is -0.364. The van der Waals surface area contributed by atoms with Crippen molar-refractivity contribution in [2.75, 3.05) is 13.1 Å². The lowest BCUT2D eigenvalue weighted by atomic mass is 10.1. The number of carbonyl (C=O) groups is 2. The van der Waals surface area contributed by atoms with Gasteiger partial charge in [0, 0.05) is 35.2 Å². The molecule has 0 radical (unpaired) electrons. The van der Waals surface area contributed by atoms with Gasteiger partial charge in [-0.05, 0) is 55.3 Å². The van der Waals surface area contributed by atoms with Gasteiger partial charge in [0.2, 0.25) is 5.91 Å². The van der Waals surface area contributed by atoms with Crippen molar-refractivity contribution in [3.05, 3.63) is 70.7 Å². The van der Waals surface area contributed by atoms with E-state index < -0.39 is 0 Å². The van der Waals surface area contributed by atoms with Crippen molar-refractivity contribution in [3.63, 3.8) is 0 Å². The number of halogens is 1. The molecule has 0 unspecified atom stereocenters. The molecule has 2 amide bonds. The molecule has 0 spiro atoms. The summed E-state index contributed by atoms with van der Waals surface area (Å²) < 4.78 is 13.1. The normalized spacial score (nSPS) is 10.8. The maximum absolute atomic E-state index is 13.1. The molecule has 2 aromatic carbocycles. The molecule has 0 atom stereocenters. The minimum absolute atomic E-state index is 0.106. The van der Waals surface area contributed by atoms with Crippen LogP contribution in [0.4, 0.5) is 4.39 Å². The Morgan fingerprint density at radius 2 is 1.81 bits per heavy atom. The molecule has 27 heavy (non-hydrogen) atoms. The molecular weight excluding hydrogens is 345 g/mol. The maximum atomic E-state index is 13.1. The highest BCUT2D eigenvalue weighted by atomic mass is 19.1. The van der Waals surface area contributed by atoms with E-state index in [4.69, 9.17) is 0 Å². The molecule has 3 N–H and O–H groups in total. The van der Waals surface area contributed by atoms with Crippen LogP contribution in [-0.4, -0.2) is 29.9 Å². The average Bonchev–Trinajstić information content (AvgIpc) is 2.92. The van der Waals surface area contributed by atoms with Crippen LogP contribution in [-0.2, 0) is 11.2 Å². The van der Waals surface area contributed by atoms with Crippen LogP contribution in [0.25, 0.3) is 10.9 Å². The first kappa shape index (κ1) is 18.6. The van der Waals surface area contributed by atoms with Crippen molar-refractivity contribution in [3.8, 4) is 0 Å². The highest BCUT2D eigenvalue weighted by Gasteiger charge is 2.10. The number of aromatic amines is 1. The third-order valence-corrected chi connectivity index (χ3v) is 4.56. The van der Waals surface area contributed by atoms with Crippen molar-refractivity contribution >= 4 is 22.7 Å². The van der Waals surface area contributed by atoms with E-state index in [0.717, 1.165) is 22.2 Å². The first-order chi connectivity index (χ1) is 12.9. The summed E-state index contributed by atoms with van der Waals surface area (Å²) in [6, 6.07) is 11.5. The first-order valence-electron chi connectivity index (χ1n) is 8.82. The Bertz CT molecular complexity index is 994. The molecule has 1 aromatic heterocycles. The van der Waals surface area contributed by atoms with Crippen LogP contribution in [0.3, 0.4) is 0 Å². The van der Waals surface area contributed by atoms with Crippen LogP contribution in [0.5, 0.6) is 0 Å². The Labute approximate surface area is 157 Å². The van der Waals surface area contributed by atoms with E-state index in [0.29, 0.717) is 24.2 Å². The number of benzene rings is 2. The van der Waals surface area contributed by atoms with E-state index in [2.05, 4.69) is 15.6 Å². The van der Waals surface area contributed by atoms with E-state index in [9.17, 15) is 14.0 Å². The molecule has 0 aliphatic rings. The molecule has 5 nitrogen and oxygen atoms in total. The molecule has 0 aliphatic heterocycles. The predicted molar refractivity (Wildman–Crippen MR) is 103 cm³/mol. The van der Waals surface area contributed by atoms with Crippen molar-refractivity contribution in [1.29, 1.82) is 0 Å². The lowest BCUT2D eigenvalue weighted by Gasteiger charge is -2.08. The zero-order chi connectivity index (χ0) is 19.4. The summed E-state index contributed by atoms with van der Waals surface area (Å²) >= 11 is 0. The lowest BCUT2D eigenvalue weighted by molar-refractivity contribution is -0.120. The number of nitrogens with one attached hydrogen (secondary N) is 3. The molecular formula is C21H22FN3O2. The van der Waals surface area contributed by atoms with Gasteiger partial charge in [0.15, 0.2) is 0 Å². The highest BCUT2D eigenvalue weighted by Crippen LogP contribution is 2.22. The largest absolute Gasteiger partial charge is 0.358 e. The van der Waals surface area contributed by atoms with Gasteiger partial charge < -0.3 is 15.6 Å². The smallest absolute Gasteiger partial charge is 0.251 e. The quantitative estimate of drug-likeness (QED) is 0.586. The number of H-pyrrole nitrogens is 1. The standard InChI is InChI=1S/C21H22FN3O2/c1-13-14(2)25-19-7-6-16(12-18(13)19)21(27)24-9-8-23-20(26)11-15-4-3-5-17(22)10-15/h3-7,10,12,25H,8-9,11H2,1-2H3,(H,23,26)(H,24,27). The number of fused-ring (bicyclic) bond motifs is 1. The van der Waals surface area contributed by atoms with Crippen LogP contribution in [0, 0.1) is 19.7 Å². The van der Waals surface area contributed by atoms with Gasteiger partial charge >= 0.3 is 0 Å². The molecule has 3 aromatic rings. The summed E-state index contributed by atoms with van der Waals surface area (Å²) in [4.78, 5) is 27.5. The fourth-order valence-corrected chi connectivity index (χ4v) is 2.98. The second kappa shape index (κ2) is 8.03. The molecule has 1 heterocycles. The molecule has 140 valence electrons. The molecule has 0 saturated heterocycles. The maximum Gasteiger partial charge on any atom is 0.251 e. The van der Waals surface area contributed by atoms with Crippen LogP contribution in [0.1, 0.15) is 27.2 Å². The molecule has 0 fully saturated rings. The van der Waals surface area contributed by atoms with Crippen LogP contribution >= 0.6 is 0 Å². The lowest BCUT2D eigenvalue weighted by Crippen LogP contribution is -2.35. The van der Waals surface area contributed by atoms with Gasteiger partial charge in [-0.25, -0.2) is 4.39 Å². The van der Waals surface area contributed by atoms with Gasteiger partial charge in [-0.1, -0.05) is 12.1 Å². The van der Waals surface area contributed by atoms with Crippen molar-refractivity contribution < 1.29 is 14.0 Å². The SMILES string of the molecule is Cc1[nH]c2ccc(C(=O)NCCNC(=O)Cc3cccc(F)c3)cc2c1C. The van der Waals surface area contributed by atoms with Gasteiger partial charge in [0.05, 0.1) is 6.42 Å². The van der Waals surface area contributed by atoms with Crippen LogP contribution in [0.15, 0.2) is 42.5 Å². The molecule has 0 saturated carbocycles. The first-order valence-corrected chi connectivity index (χ1v) is 8.82. The predicted octanol–water partition coefficient (Wildman–Crippen LogP) is 3.01. The Morgan fingerprint density at radius 1 is 1.04 bits per heavy atom. The third-order valence-electron chi connectivity index (χ3n) is 4.56. The van der Waals surface area contributed by atoms with Crippen molar-refractivity contribution in [2.24, 2.45) is 0 Å². The van der Waals surface area contributed by atoms with Crippen molar-refractivity contribution in [1.82, 2.24) is 15.6 Å². The second-order valence-electron chi connectivity index (χ2n) is 6.55. The monoisotopic (exact) mass is 367 g/mol. The number of hydrogen-bond acceptors (Lipinski definition) is 2. The summed E-state index contributed by atoms with van der Waals surface area (Å²) in [6.07, 6.45) is 0.106. The van der Waals surface area contributed by atoms with Crippen molar-refractivity contribution in [2.45, 2.75) is 20.3 Å². The minimum Gasteiger partial charge on any atom is -0.358 e. The van der Waals surface area contributed by atoms with Gasteiger partial charge in [0.25, 0.3) is 5.91 Å². The number of rotatable bonds is 6. The van der Waals surface area contributed by atoms with E-state index >= 15 is 0 Å². The number of aryl methyl sites for hydroxylation is 2. The Morgan fingerprint density at radius 3 is 2.59 bits per heavy atom. The van der Waals surface area contributed by atoms with Crippen LogP contribution < -0.4 is 10.6 Å². The van der Waals surface area contributed by atoms with Crippen LogP contribution in [0.2, 0.25) is 0 Å². The number of amides is 2. The molecule has 6 heteroatoms. The highest BCUT2D eigenvalue weighted by molar-refractivity contribution is 5.99. The van der Waals surface area contributed by atoms with Gasteiger partial charge in [-0.15, -0.1) is 0 Å². The Balaban J connectivity index is 1.48. The van der Waals surface area contributed by atoms with E-state index in [1.807, 2.05) is 26.0 Å². The fraction of sp³-hybridized carbons (Fsp3) is 0.238. The summed E-state index contributed by atoms with van der Waals surface area (Å²) in [5.41, 5.74) is 4.41. The molecule has 0 aliphatic carbocycles. The zero-order valence-electron chi connectivity index (χ0n) is 15.4. The number of hydrogen-bond donors (Lipinski definition) is 3. The Kier molecular flexibility index (Phi) is 5.54. The van der Waals surface area contributed by atoms with Gasteiger partial charge in [-0.2, -0.15) is 0 Å². The molecule has 0 bridgehead atoms. The average molecular weight is 367 g/mol.